The molecule has 164 valence electrons. The van der Waals surface area contributed by atoms with Gasteiger partial charge in [-0.2, -0.15) is 0 Å². The van der Waals surface area contributed by atoms with Gasteiger partial charge in [0.1, 0.15) is 0 Å². The predicted octanol–water partition coefficient (Wildman–Crippen LogP) is 2.91. The minimum absolute atomic E-state index is 0.124. The summed E-state index contributed by atoms with van der Waals surface area (Å²) in [5.41, 5.74) is 2.43. The molecule has 1 saturated heterocycles. The van der Waals surface area contributed by atoms with Gasteiger partial charge in [-0.05, 0) is 50.1 Å². The van der Waals surface area contributed by atoms with Crippen LogP contribution in [-0.4, -0.2) is 61.6 Å². The molecule has 4 rings (SSSR count). The number of anilines is 2. The molecule has 2 aliphatic rings. The number of piperazine rings is 1. The summed E-state index contributed by atoms with van der Waals surface area (Å²) in [6.45, 7) is 6.66. The van der Waals surface area contributed by atoms with E-state index in [0.29, 0.717) is 23.8 Å². The highest BCUT2D eigenvalue weighted by Gasteiger charge is 2.23. The van der Waals surface area contributed by atoms with Crippen molar-refractivity contribution in [2.45, 2.75) is 31.8 Å². The number of nitrogens with one attached hydrogen (secondary N) is 3. The summed E-state index contributed by atoms with van der Waals surface area (Å²) in [4.78, 5) is 29.4. The number of para-hydroxylation sites is 1. The Bertz CT molecular complexity index is 892. The van der Waals surface area contributed by atoms with Crippen LogP contribution < -0.4 is 20.9 Å². The van der Waals surface area contributed by atoms with Crippen LogP contribution in [-0.2, 0) is 0 Å². The molecule has 1 unspecified atom stereocenters. The number of carbonyl (C=O) groups excluding carboxylic acids is 2. The van der Waals surface area contributed by atoms with Gasteiger partial charge in [-0.3, -0.25) is 9.69 Å². The maximum Gasteiger partial charge on any atom is 0.319 e. The molecule has 0 spiro atoms. The van der Waals surface area contributed by atoms with E-state index in [1.807, 2.05) is 6.07 Å². The van der Waals surface area contributed by atoms with E-state index in [-0.39, 0.29) is 18.0 Å². The molecule has 7 nitrogen and oxygen atoms in total. The molecule has 0 bridgehead atoms. The quantitative estimate of drug-likeness (QED) is 0.643. The highest BCUT2D eigenvalue weighted by Crippen LogP contribution is 2.19. The van der Waals surface area contributed by atoms with Crippen LogP contribution in [0.4, 0.5) is 16.2 Å². The lowest BCUT2D eigenvalue weighted by Gasteiger charge is -2.39. The fraction of sp³-hybridized carbons (Fsp3) is 0.417. The molecule has 31 heavy (non-hydrogen) atoms. The minimum Gasteiger partial charge on any atom is -0.369 e. The molecular weight excluding hydrogens is 390 g/mol. The van der Waals surface area contributed by atoms with Gasteiger partial charge in [0.25, 0.3) is 5.91 Å². The third-order valence-corrected chi connectivity index (χ3v) is 5.91. The third-order valence-electron chi connectivity index (χ3n) is 5.91. The molecule has 2 aromatic rings. The van der Waals surface area contributed by atoms with E-state index < -0.39 is 0 Å². The summed E-state index contributed by atoms with van der Waals surface area (Å²) in [6.07, 6.45) is 2.07. The van der Waals surface area contributed by atoms with Gasteiger partial charge in [0, 0.05) is 61.7 Å². The smallest absolute Gasteiger partial charge is 0.319 e. The maximum absolute atomic E-state index is 12.6. The van der Waals surface area contributed by atoms with E-state index in [1.54, 1.807) is 24.3 Å². The number of hydrogen-bond acceptors (Lipinski definition) is 4. The Morgan fingerprint density at radius 2 is 1.74 bits per heavy atom. The number of amides is 3. The van der Waals surface area contributed by atoms with E-state index in [9.17, 15) is 9.59 Å². The Hall–Kier alpha value is -3.06. The number of rotatable bonds is 7. The van der Waals surface area contributed by atoms with Gasteiger partial charge >= 0.3 is 6.03 Å². The summed E-state index contributed by atoms with van der Waals surface area (Å²) in [7, 11) is 0. The normalized spacial score (nSPS) is 17.6. The van der Waals surface area contributed by atoms with Crippen LogP contribution in [0, 0.1) is 0 Å². The van der Waals surface area contributed by atoms with E-state index in [1.165, 1.54) is 5.69 Å². The fourth-order valence-electron chi connectivity index (χ4n) is 3.85. The Kier molecular flexibility index (Phi) is 6.72. The third kappa shape index (κ3) is 5.98. The Labute approximate surface area is 183 Å². The summed E-state index contributed by atoms with van der Waals surface area (Å²) >= 11 is 0. The van der Waals surface area contributed by atoms with Crippen molar-refractivity contribution in [2.75, 3.05) is 42.9 Å². The van der Waals surface area contributed by atoms with Gasteiger partial charge in [-0.1, -0.05) is 24.3 Å². The molecule has 0 aromatic heterocycles. The van der Waals surface area contributed by atoms with E-state index in [0.717, 1.165) is 39.0 Å². The SMILES string of the molecule is CC(CNC(=O)c1cccc(NC(=O)NC2CC2)c1)N1CCN(c2ccccc2)CC1. The van der Waals surface area contributed by atoms with Crippen molar-refractivity contribution < 1.29 is 9.59 Å². The Balaban J connectivity index is 1.23. The van der Waals surface area contributed by atoms with Gasteiger partial charge in [0.15, 0.2) is 0 Å². The topological polar surface area (TPSA) is 76.7 Å². The van der Waals surface area contributed by atoms with E-state index in [2.05, 4.69) is 56.9 Å². The molecule has 0 radical (unpaired) electrons. The monoisotopic (exact) mass is 421 g/mol. The van der Waals surface area contributed by atoms with Crippen LogP contribution in [0.15, 0.2) is 54.6 Å². The van der Waals surface area contributed by atoms with Gasteiger partial charge in [-0.15, -0.1) is 0 Å². The molecule has 3 N–H and O–H groups in total. The molecule has 2 fully saturated rings. The second kappa shape index (κ2) is 9.83. The second-order valence-electron chi connectivity index (χ2n) is 8.37. The molecule has 1 aliphatic carbocycles. The second-order valence-corrected chi connectivity index (χ2v) is 8.37. The van der Waals surface area contributed by atoms with Crippen LogP contribution in [0.25, 0.3) is 0 Å². The lowest BCUT2D eigenvalue weighted by Crippen LogP contribution is -2.52. The predicted molar refractivity (Wildman–Crippen MR) is 124 cm³/mol. The van der Waals surface area contributed by atoms with Crippen LogP contribution in [0.3, 0.4) is 0 Å². The molecule has 1 saturated carbocycles. The molecular formula is C24H31N5O2. The first kappa shape index (κ1) is 21.2. The van der Waals surface area contributed by atoms with Crippen molar-refractivity contribution >= 4 is 23.3 Å². The lowest BCUT2D eigenvalue weighted by atomic mass is 10.1. The zero-order chi connectivity index (χ0) is 21.6. The van der Waals surface area contributed by atoms with Crippen LogP contribution in [0.1, 0.15) is 30.1 Å². The summed E-state index contributed by atoms with van der Waals surface area (Å²) in [5.74, 6) is -0.124. The van der Waals surface area contributed by atoms with Gasteiger partial charge in [0.05, 0.1) is 0 Å². The largest absolute Gasteiger partial charge is 0.369 e. The summed E-state index contributed by atoms with van der Waals surface area (Å²) < 4.78 is 0. The number of carbonyl (C=O) groups is 2. The first-order chi connectivity index (χ1) is 15.1. The molecule has 7 heteroatoms. The van der Waals surface area contributed by atoms with E-state index >= 15 is 0 Å². The zero-order valence-electron chi connectivity index (χ0n) is 18.0. The Morgan fingerprint density at radius 3 is 2.45 bits per heavy atom. The lowest BCUT2D eigenvalue weighted by molar-refractivity contribution is 0.0934. The van der Waals surface area contributed by atoms with Gasteiger partial charge < -0.3 is 20.9 Å². The standard InChI is InChI=1S/C24H31N5O2/c1-18(28-12-14-29(15-13-28)22-8-3-2-4-9-22)17-25-23(30)19-6-5-7-21(16-19)27-24(31)26-20-10-11-20/h2-9,16,18,20H,10-15,17H2,1H3,(H,25,30)(H2,26,27,31). The average Bonchev–Trinajstić information content (AvgIpc) is 3.62. The summed E-state index contributed by atoms with van der Waals surface area (Å²) in [5, 5.41) is 8.72. The van der Waals surface area contributed by atoms with Crippen LogP contribution in [0.2, 0.25) is 0 Å². The molecule has 3 amide bonds. The van der Waals surface area contributed by atoms with Gasteiger partial charge in [0.2, 0.25) is 0 Å². The number of urea groups is 1. The van der Waals surface area contributed by atoms with Gasteiger partial charge in [-0.25, -0.2) is 4.79 Å². The number of nitrogens with zero attached hydrogens (tertiary/aromatic N) is 2. The van der Waals surface area contributed by atoms with Crippen molar-refractivity contribution in [1.29, 1.82) is 0 Å². The Morgan fingerprint density at radius 1 is 1.00 bits per heavy atom. The molecule has 1 aliphatic heterocycles. The zero-order valence-corrected chi connectivity index (χ0v) is 18.0. The molecule has 1 heterocycles. The van der Waals surface area contributed by atoms with Crippen LogP contribution >= 0.6 is 0 Å². The average molecular weight is 422 g/mol. The van der Waals surface area contributed by atoms with Crippen molar-refractivity contribution in [3.63, 3.8) is 0 Å². The van der Waals surface area contributed by atoms with Crippen LogP contribution in [0.5, 0.6) is 0 Å². The number of benzene rings is 2. The highest BCUT2D eigenvalue weighted by atomic mass is 16.2. The van der Waals surface area contributed by atoms with E-state index in [4.69, 9.17) is 0 Å². The molecule has 2 aromatic carbocycles. The number of hydrogen-bond donors (Lipinski definition) is 3. The van der Waals surface area contributed by atoms with Crippen molar-refractivity contribution in [1.82, 2.24) is 15.5 Å². The summed E-state index contributed by atoms with van der Waals surface area (Å²) in [6, 6.07) is 17.9. The van der Waals surface area contributed by atoms with Crippen molar-refractivity contribution in [3.8, 4) is 0 Å². The fourth-order valence-corrected chi connectivity index (χ4v) is 3.85. The highest BCUT2D eigenvalue weighted by molar-refractivity contribution is 5.97. The van der Waals surface area contributed by atoms with Crippen molar-refractivity contribution in [3.05, 3.63) is 60.2 Å². The van der Waals surface area contributed by atoms with Crippen molar-refractivity contribution in [2.24, 2.45) is 0 Å². The molecule has 1 atom stereocenters. The first-order valence-corrected chi connectivity index (χ1v) is 11.1. The minimum atomic E-state index is -0.219. The first-order valence-electron chi connectivity index (χ1n) is 11.1. The maximum atomic E-state index is 12.6.